The number of sulfone groups is 1. The van der Waals surface area contributed by atoms with E-state index in [2.05, 4.69) is 0 Å². The average Bonchev–Trinajstić information content (AvgIpc) is 2.26. The second-order valence-corrected chi connectivity index (χ2v) is 6.90. The van der Waals surface area contributed by atoms with Crippen LogP contribution in [0.15, 0.2) is 18.2 Å². The van der Waals surface area contributed by atoms with E-state index in [4.69, 9.17) is 4.74 Å². The number of benzene rings is 1. The van der Waals surface area contributed by atoms with Crippen molar-refractivity contribution in [3.63, 3.8) is 0 Å². The van der Waals surface area contributed by atoms with Crippen molar-refractivity contribution in [2.75, 3.05) is 18.1 Å². The summed E-state index contributed by atoms with van der Waals surface area (Å²) >= 11 is 0. The van der Waals surface area contributed by atoms with Gasteiger partial charge >= 0.3 is 6.98 Å². The van der Waals surface area contributed by atoms with E-state index >= 15 is 0 Å². The molecule has 3 nitrogen and oxygen atoms in total. The third kappa shape index (κ3) is 5.07. The first kappa shape index (κ1) is 16.9. The lowest BCUT2D eigenvalue weighted by molar-refractivity contribution is 0.340. The lowest BCUT2D eigenvalue weighted by Gasteiger charge is -2.18. The molecule has 0 saturated carbocycles. The predicted molar refractivity (Wildman–Crippen MR) is 74.3 cm³/mol. The molecule has 0 heterocycles. The Bertz CT molecular complexity index is 556. The minimum Gasteiger partial charge on any atom is -0.493 e. The fourth-order valence-corrected chi connectivity index (χ4v) is 2.97. The Morgan fingerprint density at radius 3 is 2.35 bits per heavy atom. The molecular formula is C12H17BF3O3S-. The number of halogens is 3. The first-order valence-corrected chi connectivity index (χ1v) is 8.11. The molecule has 0 atom stereocenters. The quantitative estimate of drug-likeness (QED) is 0.726. The van der Waals surface area contributed by atoms with Crippen LogP contribution < -0.4 is 10.2 Å². The van der Waals surface area contributed by atoms with E-state index in [9.17, 15) is 21.4 Å². The molecule has 0 aliphatic carbocycles. The molecule has 0 bridgehead atoms. The Morgan fingerprint density at radius 1 is 1.20 bits per heavy atom. The van der Waals surface area contributed by atoms with Gasteiger partial charge in [-0.05, 0) is 25.5 Å². The molecule has 0 aromatic heterocycles. The third-order valence-electron chi connectivity index (χ3n) is 2.77. The Hall–Kier alpha value is -1.18. The van der Waals surface area contributed by atoms with Crippen LogP contribution in [0.2, 0.25) is 0 Å². The highest BCUT2D eigenvalue weighted by Gasteiger charge is 2.27. The topological polar surface area (TPSA) is 43.4 Å². The summed E-state index contributed by atoms with van der Waals surface area (Å²) in [5, 5.41) is 0. The SMILES string of the molecule is CCCS(=O)(=O)CCOc1ccc([B-](F)(F)F)c(C)c1. The number of aryl methyl sites for hydroxylation is 1. The lowest BCUT2D eigenvalue weighted by Crippen LogP contribution is -2.35. The molecule has 20 heavy (non-hydrogen) atoms. The Labute approximate surface area is 117 Å². The van der Waals surface area contributed by atoms with Crippen molar-refractivity contribution in [2.45, 2.75) is 20.3 Å². The monoisotopic (exact) mass is 309 g/mol. The van der Waals surface area contributed by atoms with Gasteiger partial charge in [0.1, 0.15) is 12.4 Å². The maximum atomic E-state index is 12.6. The van der Waals surface area contributed by atoms with E-state index in [0.29, 0.717) is 6.42 Å². The Balaban J connectivity index is 2.65. The summed E-state index contributed by atoms with van der Waals surface area (Å²) in [6.07, 6.45) is 0.532. The molecule has 0 unspecified atom stereocenters. The van der Waals surface area contributed by atoms with Gasteiger partial charge in [0.05, 0.1) is 11.5 Å². The normalized spacial score (nSPS) is 12.4. The van der Waals surface area contributed by atoms with Crippen LogP contribution in [0.1, 0.15) is 18.9 Å². The number of rotatable bonds is 7. The van der Waals surface area contributed by atoms with E-state index in [1.165, 1.54) is 19.1 Å². The van der Waals surface area contributed by atoms with Gasteiger partial charge in [0, 0.05) is 0 Å². The van der Waals surface area contributed by atoms with Gasteiger partial charge in [-0.15, -0.1) is 5.46 Å². The van der Waals surface area contributed by atoms with E-state index < -0.39 is 22.3 Å². The minimum absolute atomic E-state index is 0.0573. The van der Waals surface area contributed by atoms with E-state index in [1.54, 1.807) is 6.92 Å². The molecule has 0 N–H and O–H groups in total. The second-order valence-electron chi connectivity index (χ2n) is 4.59. The van der Waals surface area contributed by atoms with Crippen LogP contribution in [0.25, 0.3) is 0 Å². The summed E-state index contributed by atoms with van der Waals surface area (Å²) < 4.78 is 65.9. The number of hydrogen-bond acceptors (Lipinski definition) is 3. The zero-order valence-electron chi connectivity index (χ0n) is 11.4. The van der Waals surface area contributed by atoms with Crippen molar-refractivity contribution in [1.82, 2.24) is 0 Å². The highest BCUT2D eigenvalue weighted by molar-refractivity contribution is 7.91. The smallest absolute Gasteiger partial charge is 0.493 e. The van der Waals surface area contributed by atoms with E-state index in [1.807, 2.05) is 0 Å². The molecule has 1 aromatic rings. The fraction of sp³-hybridized carbons (Fsp3) is 0.500. The maximum Gasteiger partial charge on any atom is 0.509 e. The molecular weight excluding hydrogens is 292 g/mol. The van der Waals surface area contributed by atoms with Gasteiger partial charge in [0.2, 0.25) is 0 Å². The summed E-state index contributed by atoms with van der Waals surface area (Å²) in [6.45, 7) is -1.98. The van der Waals surface area contributed by atoms with Gasteiger partial charge in [-0.3, -0.25) is 0 Å². The number of hydrogen-bond donors (Lipinski definition) is 0. The van der Waals surface area contributed by atoms with Crippen LogP contribution in [0.5, 0.6) is 5.75 Å². The molecule has 1 rings (SSSR count). The summed E-state index contributed by atoms with van der Waals surface area (Å²) in [6, 6.07) is 3.45. The van der Waals surface area contributed by atoms with Gasteiger partial charge in [0.25, 0.3) is 0 Å². The molecule has 0 amide bonds. The third-order valence-corrected chi connectivity index (χ3v) is 4.59. The summed E-state index contributed by atoms with van der Waals surface area (Å²) in [4.78, 5) is 0. The van der Waals surface area contributed by atoms with Crippen LogP contribution in [0.4, 0.5) is 12.9 Å². The van der Waals surface area contributed by atoms with Crippen LogP contribution >= 0.6 is 0 Å². The predicted octanol–water partition coefficient (Wildman–Crippen LogP) is 2.25. The Kier molecular flexibility index (Phi) is 5.50. The van der Waals surface area contributed by atoms with Gasteiger partial charge in [-0.2, -0.15) is 0 Å². The van der Waals surface area contributed by atoms with Gasteiger partial charge in [-0.1, -0.05) is 18.6 Å². The van der Waals surface area contributed by atoms with Crippen molar-refractivity contribution in [2.24, 2.45) is 0 Å². The highest BCUT2D eigenvalue weighted by Crippen LogP contribution is 2.17. The summed E-state index contributed by atoms with van der Waals surface area (Å²) in [5.41, 5.74) is -0.581. The average molecular weight is 309 g/mol. The first-order valence-electron chi connectivity index (χ1n) is 6.29. The molecule has 0 aliphatic rings. The second kappa shape index (κ2) is 6.52. The van der Waals surface area contributed by atoms with Crippen LogP contribution in [-0.4, -0.2) is 33.5 Å². The van der Waals surface area contributed by atoms with E-state index in [0.717, 1.165) is 6.07 Å². The molecule has 0 aliphatic heterocycles. The Morgan fingerprint density at radius 2 is 1.85 bits per heavy atom. The van der Waals surface area contributed by atoms with Gasteiger partial charge in [0.15, 0.2) is 9.84 Å². The zero-order chi connectivity index (χ0) is 15.4. The van der Waals surface area contributed by atoms with Crippen molar-refractivity contribution in [3.8, 4) is 5.75 Å². The molecule has 0 fully saturated rings. The largest absolute Gasteiger partial charge is 0.509 e. The molecule has 0 spiro atoms. The maximum absolute atomic E-state index is 12.6. The first-order chi connectivity index (χ1) is 9.15. The zero-order valence-corrected chi connectivity index (χ0v) is 12.2. The summed E-state index contributed by atoms with van der Waals surface area (Å²) in [5.74, 6) is 0.202. The number of ether oxygens (including phenoxy) is 1. The molecule has 1 aromatic carbocycles. The van der Waals surface area contributed by atoms with Gasteiger partial charge < -0.3 is 17.7 Å². The standard InChI is InChI=1S/C12H17BF3O3S/c1-3-7-20(17,18)8-6-19-11-4-5-12(10(2)9-11)13(14,15)16/h4-5,9H,3,6-8H2,1-2H3/q-1. The van der Waals surface area contributed by atoms with Crippen molar-refractivity contribution in [1.29, 1.82) is 0 Å². The van der Waals surface area contributed by atoms with Crippen LogP contribution in [-0.2, 0) is 9.84 Å². The molecule has 114 valence electrons. The van der Waals surface area contributed by atoms with Gasteiger partial charge in [-0.25, -0.2) is 8.42 Å². The summed E-state index contributed by atoms with van der Waals surface area (Å²) in [7, 11) is -3.15. The fourth-order valence-electron chi connectivity index (χ4n) is 1.80. The van der Waals surface area contributed by atoms with E-state index in [-0.39, 0.29) is 29.4 Å². The highest BCUT2D eigenvalue weighted by atomic mass is 32.2. The molecule has 0 radical (unpaired) electrons. The molecule has 0 saturated heterocycles. The minimum atomic E-state index is -5.04. The van der Waals surface area contributed by atoms with Crippen LogP contribution in [0.3, 0.4) is 0 Å². The van der Waals surface area contributed by atoms with Crippen molar-refractivity contribution < 1.29 is 26.1 Å². The van der Waals surface area contributed by atoms with Crippen LogP contribution in [0, 0.1) is 6.92 Å². The molecule has 8 heteroatoms. The van der Waals surface area contributed by atoms with Crippen molar-refractivity contribution >= 4 is 22.3 Å². The lowest BCUT2D eigenvalue weighted by atomic mass is 9.77. The van der Waals surface area contributed by atoms with Crippen molar-refractivity contribution in [3.05, 3.63) is 23.8 Å².